The lowest BCUT2D eigenvalue weighted by Crippen LogP contribution is -2.47. The Hall–Kier alpha value is -1.90. The Balaban J connectivity index is 2.17. The Morgan fingerprint density at radius 2 is 2.13 bits per heavy atom. The number of ether oxygens (including phenoxy) is 1. The summed E-state index contributed by atoms with van der Waals surface area (Å²) in [6, 6.07) is 4.30. The lowest BCUT2D eigenvalue weighted by Gasteiger charge is -2.34. The van der Waals surface area contributed by atoms with E-state index in [0.29, 0.717) is 18.1 Å². The highest BCUT2D eigenvalue weighted by molar-refractivity contribution is 7.99. The molecule has 0 aromatic heterocycles. The second kappa shape index (κ2) is 7.12. The molecule has 5 nitrogen and oxygen atoms in total. The van der Waals surface area contributed by atoms with Gasteiger partial charge in [-0.2, -0.15) is 11.8 Å². The molecule has 1 atom stereocenters. The number of aliphatic carboxylic acids is 1. The number of benzene rings is 1. The topological polar surface area (TPSA) is 66.8 Å². The minimum absolute atomic E-state index is 0.0361. The van der Waals surface area contributed by atoms with E-state index >= 15 is 0 Å². The Bertz CT molecular complexity index is 594. The molecule has 1 aliphatic heterocycles. The number of nitrogens with zero attached hydrogens (tertiary/aromatic N) is 1. The van der Waals surface area contributed by atoms with Crippen LogP contribution in [0.1, 0.15) is 16.8 Å². The average molecular weight is 349 g/mol. The van der Waals surface area contributed by atoms with Crippen LogP contribution in [-0.2, 0) is 4.79 Å². The van der Waals surface area contributed by atoms with Gasteiger partial charge in [0.05, 0.1) is 12.5 Å². The average Bonchev–Trinajstić information content (AvgIpc) is 2.45. The molecule has 1 aromatic carbocycles. The van der Waals surface area contributed by atoms with Crippen molar-refractivity contribution in [2.75, 3.05) is 18.1 Å². The fourth-order valence-electron chi connectivity index (χ4n) is 2.28. The van der Waals surface area contributed by atoms with Gasteiger partial charge in [-0.15, -0.1) is 13.2 Å². The number of alkyl halides is 3. The first-order valence-corrected chi connectivity index (χ1v) is 7.88. The van der Waals surface area contributed by atoms with Crippen LogP contribution >= 0.6 is 11.8 Å². The van der Waals surface area contributed by atoms with E-state index in [1.54, 1.807) is 11.8 Å². The van der Waals surface area contributed by atoms with Crippen LogP contribution in [0.3, 0.4) is 0 Å². The summed E-state index contributed by atoms with van der Waals surface area (Å²) < 4.78 is 40.5. The maximum Gasteiger partial charge on any atom is 0.573 e. The zero-order valence-corrected chi connectivity index (χ0v) is 12.7. The summed E-state index contributed by atoms with van der Waals surface area (Å²) >= 11 is 1.54. The summed E-state index contributed by atoms with van der Waals surface area (Å²) in [5.41, 5.74) is 0.0361. The van der Waals surface area contributed by atoms with E-state index in [1.807, 2.05) is 0 Å². The monoisotopic (exact) mass is 349 g/mol. The number of rotatable bonds is 4. The lowest BCUT2D eigenvalue weighted by molar-refractivity contribution is -0.274. The van der Waals surface area contributed by atoms with Crippen LogP contribution in [0.4, 0.5) is 13.2 Å². The van der Waals surface area contributed by atoms with Gasteiger partial charge in [0.25, 0.3) is 5.91 Å². The summed E-state index contributed by atoms with van der Waals surface area (Å²) in [4.78, 5) is 24.8. The number of carboxylic acids is 1. The molecule has 2 rings (SSSR count). The second-order valence-corrected chi connectivity index (χ2v) is 6.05. The number of hydrogen-bond acceptors (Lipinski definition) is 4. The quantitative estimate of drug-likeness (QED) is 0.905. The smallest absolute Gasteiger partial charge is 0.481 e. The minimum Gasteiger partial charge on any atom is -0.481 e. The fourth-order valence-corrected chi connectivity index (χ4v) is 3.35. The van der Waals surface area contributed by atoms with Gasteiger partial charge in [-0.1, -0.05) is 6.07 Å². The Labute approximate surface area is 134 Å². The van der Waals surface area contributed by atoms with E-state index in [-0.39, 0.29) is 12.0 Å². The number of carbonyl (C=O) groups is 2. The molecule has 1 unspecified atom stereocenters. The number of halogens is 3. The fraction of sp³-hybridized carbons (Fsp3) is 0.429. The highest BCUT2D eigenvalue weighted by Gasteiger charge is 2.32. The second-order valence-electron chi connectivity index (χ2n) is 4.90. The summed E-state index contributed by atoms with van der Waals surface area (Å²) in [6.07, 6.45) is -5.03. The maximum absolute atomic E-state index is 12.5. The van der Waals surface area contributed by atoms with Crippen molar-refractivity contribution in [3.8, 4) is 5.75 Å². The largest absolute Gasteiger partial charge is 0.573 e. The molecule has 1 heterocycles. The summed E-state index contributed by atoms with van der Waals surface area (Å²) in [7, 11) is 0. The molecule has 1 N–H and O–H groups in total. The third-order valence-electron chi connectivity index (χ3n) is 3.21. The Morgan fingerprint density at radius 3 is 2.78 bits per heavy atom. The molecule has 126 valence electrons. The van der Waals surface area contributed by atoms with Gasteiger partial charge in [0.1, 0.15) is 5.75 Å². The van der Waals surface area contributed by atoms with Crippen molar-refractivity contribution in [1.82, 2.24) is 4.90 Å². The number of hydrogen-bond donors (Lipinski definition) is 1. The van der Waals surface area contributed by atoms with Crippen LogP contribution in [0.5, 0.6) is 5.75 Å². The van der Waals surface area contributed by atoms with Crippen LogP contribution in [0.15, 0.2) is 24.3 Å². The van der Waals surface area contributed by atoms with E-state index in [1.165, 1.54) is 17.0 Å². The molecule has 9 heteroatoms. The molecular weight excluding hydrogens is 335 g/mol. The molecule has 1 aliphatic rings. The van der Waals surface area contributed by atoms with Gasteiger partial charge < -0.3 is 14.7 Å². The molecule has 0 aliphatic carbocycles. The molecule has 1 amide bonds. The van der Waals surface area contributed by atoms with Crippen molar-refractivity contribution in [3.63, 3.8) is 0 Å². The number of carboxylic acid groups (broad SMARTS) is 1. The lowest BCUT2D eigenvalue weighted by atomic mass is 10.1. The normalized spacial score (nSPS) is 18.6. The molecule has 0 radical (unpaired) electrons. The summed E-state index contributed by atoms with van der Waals surface area (Å²) in [6.45, 7) is 0.353. The highest BCUT2D eigenvalue weighted by Crippen LogP contribution is 2.26. The van der Waals surface area contributed by atoms with Crippen LogP contribution in [0, 0.1) is 0 Å². The van der Waals surface area contributed by atoms with Crippen molar-refractivity contribution in [2.24, 2.45) is 0 Å². The van der Waals surface area contributed by atoms with Gasteiger partial charge in [-0.05, 0) is 18.2 Å². The molecule has 1 aromatic rings. The minimum atomic E-state index is -4.84. The van der Waals surface area contributed by atoms with Gasteiger partial charge in [0.15, 0.2) is 0 Å². The van der Waals surface area contributed by atoms with E-state index < -0.39 is 30.0 Å². The highest BCUT2D eigenvalue weighted by atomic mass is 32.2. The van der Waals surface area contributed by atoms with Gasteiger partial charge in [0, 0.05) is 23.6 Å². The van der Waals surface area contributed by atoms with Crippen molar-refractivity contribution < 1.29 is 32.6 Å². The molecule has 1 fully saturated rings. The van der Waals surface area contributed by atoms with Crippen molar-refractivity contribution >= 4 is 23.6 Å². The number of amides is 1. The first-order chi connectivity index (χ1) is 10.8. The number of carbonyl (C=O) groups excluding carboxylic acids is 1. The van der Waals surface area contributed by atoms with Crippen LogP contribution < -0.4 is 4.74 Å². The zero-order valence-electron chi connectivity index (χ0n) is 11.9. The molecule has 0 spiro atoms. The Kier molecular flexibility index (Phi) is 5.40. The third-order valence-corrected chi connectivity index (χ3v) is 4.30. The molecular formula is C14H14F3NO4S. The maximum atomic E-state index is 12.5. The van der Waals surface area contributed by atoms with Gasteiger partial charge in [-0.25, -0.2) is 0 Å². The van der Waals surface area contributed by atoms with Crippen molar-refractivity contribution in [3.05, 3.63) is 29.8 Å². The Morgan fingerprint density at radius 1 is 1.39 bits per heavy atom. The van der Waals surface area contributed by atoms with Gasteiger partial charge in [-0.3, -0.25) is 9.59 Å². The first kappa shape index (κ1) is 17.5. The van der Waals surface area contributed by atoms with Crippen molar-refractivity contribution in [1.29, 1.82) is 0 Å². The van der Waals surface area contributed by atoms with Gasteiger partial charge in [0.2, 0.25) is 0 Å². The van der Waals surface area contributed by atoms with E-state index in [9.17, 15) is 22.8 Å². The molecule has 1 saturated heterocycles. The van der Waals surface area contributed by atoms with E-state index in [2.05, 4.69) is 4.74 Å². The summed E-state index contributed by atoms with van der Waals surface area (Å²) in [5.74, 6) is -0.865. The van der Waals surface area contributed by atoms with Crippen molar-refractivity contribution in [2.45, 2.75) is 18.8 Å². The van der Waals surface area contributed by atoms with E-state index in [0.717, 1.165) is 12.1 Å². The van der Waals surface area contributed by atoms with Crippen LogP contribution in [0.2, 0.25) is 0 Å². The molecule has 0 saturated carbocycles. The SMILES string of the molecule is O=C(O)CC1CSCCN1C(=O)c1cccc(OC(F)(F)F)c1. The first-order valence-electron chi connectivity index (χ1n) is 6.72. The third kappa shape index (κ3) is 5.05. The molecule has 23 heavy (non-hydrogen) atoms. The van der Waals surface area contributed by atoms with Crippen LogP contribution in [0.25, 0.3) is 0 Å². The molecule has 0 bridgehead atoms. The van der Waals surface area contributed by atoms with Crippen LogP contribution in [-0.4, -0.2) is 52.3 Å². The van der Waals surface area contributed by atoms with Gasteiger partial charge >= 0.3 is 12.3 Å². The summed E-state index contributed by atoms with van der Waals surface area (Å²) in [5, 5.41) is 8.92. The predicted octanol–water partition coefficient (Wildman–Crippen LogP) is 2.62. The number of thioether (sulfide) groups is 1. The van der Waals surface area contributed by atoms with E-state index in [4.69, 9.17) is 5.11 Å². The standard InChI is InChI=1S/C14H14F3NO4S/c15-14(16,17)22-11-3-1-2-9(6-11)13(21)18-4-5-23-8-10(18)7-12(19)20/h1-3,6,10H,4-5,7-8H2,(H,19,20). The zero-order chi connectivity index (χ0) is 17.0. The predicted molar refractivity (Wildman–Crippen MR) is 77.5 cm³/mol.